The summed E-state index contributed by atoms with van der Waals surface area (Å²) in [4.78, 5) is 0. The van der Waals surface area contributed by atoms with Crippen LogP contribution in [0.2, 0.25) is 0 Å². The average Bonchev–Trinajstić information content (AvgIpc) is 2.71. The van der Waals surface area contributed by atoms with E-state index in [9.17, 15) is 0 Å². The monoisotopic (exact) mass is 221 g/mol. The van der Waals surface area contributed by atoms with Gasteiger partial charge in [-0.25, -0.2) is 0 Å². The number of aryl methyl sites for hydroxylation is 1. The molecule has 0 spiro atoms. The van der Waals surface area contributed by atoms with E-state index in [4.69, 9.17) is 0 Å². The first kappa shape index (κ1) is 11.6. The Morgan fingerprint density at radius 3 is 3.12 bits per heavy atom. The third-order valence-corrected chi connectivity index (χ3v) is 3.44. The molecule has 1 atom stereocenters. The van der Waals surface area contributed by atoms with Crippen molar-refractivity contribution in [2.75, 3.05) is 6.54 Å². The fourth-order valence-corrected chi connectivity index (χ4v) is 2.58. The Balaban J connectivity index is 2.14. The van der Waals surface area contributed by atoms with Crippen LogP contribution >= 0.6 is 0 Å². The Morgan fingerprint density at radius 2 is 2.38 bits per heavy atom. The maximum absolute atomic E-state index is 4.54. The molecule has 0 aliphatic heterocycles. The van der Waals surface area contributed by atoms with E-state index >= 15 is 0 Å². The first-order chi connectivity index (χ1) is 7.86. The lowest BCUT2D eigenvalue weighted by molar-refractivity contribution is 0.453. The molecule has 0 saturated carbocycles. The first-order valence-electron chi connectivity index (χ1n) is 6.64. The van der Waals surface area contributed by atoms with Crippen molar-refractivity contribution in [2.45, 2.75) is 58.5 Å². The molecule has 1 aromatic rings. The van der Waals surface area contributed by atoms with Crippen LogP contribution in [0.1, 0.15) is 56.8 Å². The van der Waals surface area contributed by atoms with Crippen LogP contribution in [0, 0.1) is 0 Å². The molecule has 2 rings (SSSR count). The zero-order valence-electron chi connectivity index (χ0n) is 10.5. The summed E-state index contributed by atoms with van der Waals surface area (Å²) in [6.45, 7) is 6.54. The van der Waals surface area contributed by atoms with Gasteiger partial charge in [-0.15, -0.1) is 0 Å². The molecule has 3 heteroatoms. The lowest BCUT2D eigenvalue weighted by atomic mass is 9.93. The highest BCUT2D eigenvalue weighted by Crippen LogP contribution is 2.29. The quantitative estimate of drug-likeness (QED) is 0.828. The van der Waals surface area contributed by atoms with Crippen LogP contribution < -0.4 is 5.32 Å². The molecule has 0 saturated heterocycles. The van der Waals surface area contributed by atoms with Gasteiger partial charge in [0.2, 0.25) is 0 Å². The molecule has 1 heterocycles. The summed E-state index contributed by atoms with van der Waals surface area (Å²) < 4.78 is 2.22. The molecular formula is C13H23N3. The molecule has 0 fully saturated rings. The summed E-state index contributed by atoms with van der Waals surface area (Å²) in [7, 11) is 0. The van der Waals surface area contributed by atoms with Crippen LogP contribution in [0.4, 0.5) is 0 Å². The van der Waals surface area contributed by atoms with Gasteiger partial charge in [0.25, 0.3) is 0 Å². The Kier molecular flexibility index (Phi) is 3.99. The van der Waals surface area contributed by atoms with Crippen LogP contribution in [0.15, 0.2) is 6.20 Å². The minimum absolute atomic E-state index is 0.545. The smallest absolute Gasteiger partial charge is 0.0540 e. The van der Waals surface area contributed by atoms with E-state index in [-0.39, 0.29) is 0 Å². The molecule has 90 valence electrons. The number of hydrogen-bond acceptors (Lipinski definition) is 2. The van der Waals surface area contributed by atoms with Crippen LogP contribution in [0.3, 0.4) is 0 Å². The van der Waals surface area contributed by atoms with Gasteiger partial charge in [-0.3, -0.25) is 4.68 Å². The van der Waals surface area contributed by atoms with Gasteiger partial charge < -0.3 is 5.32 Å². The topological polar surface area (TPSA) is 29.9 Å². The van der Waals surface area contributed by atoms with Crippen molar-refractivity contribution in [3.8, 4) is 0 Å². The standard InChI is InChI=1S/C13H23N3/c1-3-5-9-16-13-8-6-7-12(14-4-2)11(13)10-15-16/h10,12,14H,3-9H2,1-2H3. The zero-order chi connectivity index (χ0) is 11.4. The van der Waals surface area contributed by atoms with Gasteiger partial charge in [0, 0.05) is 23.8 Å². The van der Waals surface area contributed by atoms with Gasteiger partial charge in [-0.1, -0.05) is 20.3 Å². The second kappa shape index (κ2) is 5.48. The van der Waals surface area contributed by atoms with Gasteiger partial charge in [-0.2, -0.15) is 5.10 Å². The molecule has 0 radical (unpaired) electrons. The normalized spacial score (nSPS) is 19.8. The Bertz CT molecular complexity index is 330. The van der Waals surface area contributed by atoms with Crippen molar-refractivity contribution < 1.29 is 0 Å². The van der Waals surface area contributed by atoms with E-state index in [1.807, 2.05) is 0 Å². The number of aromatic nitrogens is 2. The average molecular weight is 221 g/mol. The third kappa shape index (κ3) is 2.29. The third-order valence-electron chi connectivity index (χ3n) is 3.44. The van der Waals surface area contributed by atoms with E-state index in [2.05, 4.69) is 35.1 Å². The van der Waals surface area contributed by atoms with E-state index in [0.717, 1.165) is 13.1 Å². The molecule has 1 aliphatic carbocycles. The Hall–Kier alpha value is -0.830. The second-order valence-electron chi connectivity index (χ2n) is 4.63. The number of rotatable bonds is 5. The molecular weight excluding hydrogens is 198 g/mol. The van der Waals surface area contributed by atoms with Crippen LogP contribution in [0.25, 0.3) is 0 Å². The predicted octanol–water partition coefficient (Wildman–Crippen LogP) is 2.67. The molecule has 0 amide bonds. The molecule has 3 nitrogen and oxygen atoms in total. The van der Waals surface area contributed by atoms with E-state index in [1.165, 1.54) is 43.4 Å². The van der Waals surface area contributed by atoms with E-state index in [1.54, 1.807) is 0 Å². The molecule has 0 aromatic carbocycles. The minimum atomic E-state index is 0.545. The summed E-state index contributed by atoms with van der Waals surface area (Å²) in [6, 6.07) is 0.545. The van der Waals surface area contributed by atoms with Crippen LogP contribution in [-0.4, -0.2) is 16.3 Å². The van der Waals surface area contributed by atoms with Gasteiger partial charge in [0.05, 0.1) is 6.20 Å². The summed E-state index contributed by atoms with van der Waals surface area (Å²) in [6.07, 6.45) is 8.33. The maximum atomic E-state index is 4.54. The van der Waals surface area contributed by atoms with Crippen molar-refractivity contribution in [1.29, 1.82) is 0 Å². The van der Waals surface area contributed by atoms with Crippen molar-refractivity contribution >= 4 is 0 Å². The Labute approximate surface area is 98.2 Å². The van der Waals surface area contributed by atoms with Crippen molar-refractivity contribution in [3.63, 3.8) is 0 Å². The van der Waals surface area contributed by atoms with Crippen molar-refractivity contribution in [3.05, 3.63) is 17.5 Å². The summed E-state index contributed by atoms with van der Waals surface area (Å²) >= 11 is 0. The number of unbranched alkanes of at least 4 members (excludes halogenated alkanes) is 1. The fraction of sp³-hybridized carbons (Fsp3) is 0.769. The van der Waals surface area contributed by atoms with Crippen LogP contribution in [0.5, 0.6) is 0 Å². The number of hydrogen-bond donors (Lipinski definition) is 1. The molecule has 1 aliphatic rings. The van der Waals surface area contributed by atoms with Gasteiger partial charge in [0.15, 0.2) is 0 Å². The molecule has 16 heavy (non-hydrogen) atoms. The fourth-order valence-electron chi connectivity index (χ4n) is 2.58. The van der Waals surface area contributed by atoms with Gasteiger partial charge in [-0.05, 0) is 32.2 Å². The lowest BCUT2D eigenvalue weighted by Gasteiger charge is -2.23. The highest BCUT2D eigenvalue weighted by molar-refractivity contribution is 5.24. The van der Waals surface area contributed by atoms with E-state index in [0.29, 0.717) is 6.04 Å². The number of fused-ring (bicyclic) bond motifs is 1. The minimum Gasteiger partial charge on any atom is -0.310 e. The summed E-state index contributed by atoms with van der Waals surface area (Å²) in [5.74, 6) is 0. The lowest BCUT2D eigenvalue weighted by Crippen LogP contribution is -2.25. The summed E-state index contributed by atoms with van der Waals surface area (Å²) in [5.41, 5.74) is 2.93. The van der Waals surface area contributed by atoms with Gasteiger partial charge >= 0.3 is 0 Å². The SMILES string of the molecule is CCCCn1ncc2c1CCCC2NCC. The zero-order valence-corrected chi connectivity index (χ0v) is 10.5. The number of nitrogens with zero attached hydrogens (tertiary/aromatic N) is 2. The Morgan fingerprint density at radius 1 is 1.50 bits per heavy atom. The molecule has 0 bridgehead atoms. The molecule has 1 unspecified atom stereocenters. The maximum Gasteiger partial charge on any atom is 0.0540 e. The first-order valence-corrected chi connectivity index (χ1v) is 6.64. The predicted molar refractivity (Wildman–Crippen MR) is 66.5 cm³/mol. The second-order valence-corrected chi connectivity index (χ2v) is 4.63. The molecule has 1 N–H and O–H groups in total. The summed E-state index contributed by atoms with van der Waals surface area (Å²) in [5, 5.41) is 8.10. The number of nitrogens with one attached hydrogen (secondary N) is 1. The van der Waals surface area contributed by atoms with Crippen molar-refractivity contribution in [2.24, 2.45) is 0 Å². The highest BCUT2D eigenvalue weighted by atomic mass is 15.3. The van der Waals surface area contributed by atoms with Crippen LogP contribution in [-0.2, 0) is 13.0 Å². The van der Waals surface area contributed by atoms with E-state index < -0.39 is 0 Å². The molecule has 1 aromatic heterocycles. The van der Waals surface area contributed by atoms with Crippen molar-refractivity contribution in [1.82, 2.24) is 15.1 Å². The van der Waals surface area contributed by atoms with Gasteiger partial charge in [0.1, 0.15) is 0 Å². The highest BCUT2D eigenvalue weighted by Gasteiger charge is 2.22. The largest absolute Gasteiger partial charge is 0.310 e.